The molecule has 33 heavy (non-hydrogen) atoms. The molecule has 0 spiro atoms. The molecule has 0 saturated heterocycles. The molecule has 8 nitrogen and oxygen atoms in total. The number of nitrogens with one attached hydrogen (secondary N) is 1. The number of carbonyl (C=O) groups excluding carboxylic acids is 1. The lowest BCUT2D eigenvalue weighted by molar-refractivity contribution is 0.205. The van der Waals surface area contributed by atoms with E-state index in [-0.39, 0.29) is 24.9 Å². The summed E-state index contributed by atoms with van der Waals surface area (Å²) in [6.45, 7) is 0.367. The minimum Gasteiger partial charge on any atom is -0.507 e. The van der Waals surface area contributed by atoms with E-state index in [2.05, 4.69) is 5.32 Å². The van der Waals surface area contributed by atoms with Crippen LogP contribution in [0.25, 0.3) is 0 Å². The molecule has 0 unspecified atom stereocenters. The molecular weight excluding hydrogens is 424 g/mol. The van der Waals surface area contributed by atoms with Crippen LogP contribution in [0.1, 0.15) is 11.1 Å². The third-order valence-electron chi connectivity index (χ3n) is 5.14. The van der Waals surface area contributed by atoms with E-state index in [9.17, 15) is 9.90 Å². The Morgan fingerprint density at radius 1 is 0.788 bits per heavy atom. The highest BCUT2D eigenvalue weighted by atomic mass is 16.5. The first-order chi connectivity index (χ1) is 16.0. The average molecular weight is 453 g/mol. The number of urea groups is 1. The van der Waals surface area contributed by atoms with Gasteiger partial charge in [0.05, 0.1) is 47.2 Å². The SMILES string of the molecule is COc1ccc(CN(Cc2ccc(OC)cc2OC)C(=O)Nc2ccccc2OC)c(O)c1. The number of amides is 2. The summed E-state index contributed by atoms with van der Waals surface area (Å²) >= 11 is 0. The van der Waals surface area contributed by atoms with E-state index in [0.717, 1.165) is 5.56 Å². The Bertz CT molecular complexity index is 1100. The van der Waals surface area contributed by atoms with E-state index >= 15 is 0 Å². The number of aromatic hydroxyl groups is 1. The molecule has 174 valence electrons. The predicted molar refractivity (Wildman–Crippen MR) is 125 cm³/mol. The number of benzene rings is 3. The summed E-state index contributed by atoms with van der Waals surface area (Å²) in [6, 6.07) is 17.2. The zero-order valence-corrected chi connectivity index (χ0v) is 19.1. The Morgan fingerprint density at radius 3 is 2.03 bits per heavy atom. The van der Waals surface area contributed by atoms with Crippen LogP contribution >= 0.6 is 0 Å². The van der Waals surface area contributed by atoms with Crippen molar-refractivity contribution in [2.75, 3.05) is 33.8 Å². The van der Waals surface area contributed by atoms with Crippen molar-refractivity contribution in [2.45, 2.75) is 13.1 Å². The van der Waals surface area contributed by atoms with Gasteiger partial charge in [-0.2, -0.15) is 0 Å². The molecule has 2 N–H and O–H groups in total. The van der Waals surface area contributed by atoms with Crippen molar-refractivity contribution in [1.82, 2.24) is 4.90 Å². The van der Waals surface area contributed by atoms with Gasteiger partial charge in [0.25, 0.3) is 0 Å². The third-order valence-corrected chi connectivity index (χ3v) is 5.14. The fraction of sp³-hybridized carbons (Fsp3) is 0.240. The Kier molecular flexibility index (Phi) is 7.86. The molecule has 0 aliphatic heterocycles. The first kappa shape index (κ1) is 23.6. The van der Waals surface area contributed by atoms with Crippen LogP contribution in [-0.4, -0.2) is 44.5 Å². The van der Waals surface area contributed by atoms with Crippen LogP contribution in [0.2, 0.25) is 0 Å². The van der Waals surface area contributed by atoms with Gasteiger partial charge in [-0.15, -0.1) is 0 Å². The van der Waals surface area contributed by atoms with Crippen molar-refractivity contribution in [3.63, 3.8) is 0 Å². The lowest BCUT2D eigenvalue weighted by Crippen LogP contribution is -2.34. The number of para-hydroxylation sites is 2. The zero-order valence-electron chi connectivity index (χ0n) is 19.1. The van der Waals surface area contributed by atoms with E-state index in [0.29, 0.717) is 34.2 Å². The number of anilines is 1. The number of rotatable bonds is 9. The van der Waals surface area contributed by atoms with Crippen LogP contribution in [-0.2, 0) is 13.1 Å². The van der Waals surface area contributed by atoms with E-state index < -0.39 is 0 Å². The predicted octanol–water partition coefficient (Wildman–Crippen LogP) is 4.66. The van der Waals surface area contributed by atoms with Gasteiger partial charge < -0.3 is 34.3 Å². The van der Waals surface area contributed by atoms with Crippen molar-refractivity contribution < 1.29 is 28.8 Å². The molecule has 0 saturated carbocycles. The van der Waals surface area contributed by atoms with Crippen LogP contribution in [0.15, 0.2) is 60.7 Å². The van der Waals surface area contributed by atoms with Crippen molar-refractivity contribution in [3.05, 3.63) is 71.8 Å². The summed E-state index contributed by atoms with van der Waals surface area (Å²) < 4.78 is 21.3. The molecule has 0 heterocycles. The Balaban J connectivity index is 1.93. The molecule has 0 radical (unpaired) electrons. The summed E-state index contributed by atoms with van der Waals surface area (Å²) in [6.07, 6.45) is 0. The lowest BCUT2D eigenvalue weighted by atomic mass is 10.1. The summed E-state index contributed by atoms with van der Waals surface area (Å²) in [5.74, 6) is 2.33. The van der Waals surface area contributed by atoms with Crippen molar-refractivity contribution in [1.29, 1.82) is 0 Å². The fourth-order valence-corrected chi connectivity index (χ4v) is 3.34. The molecule has 3 rings (SSSR count). The van der Waals surface area contributed by atoms with Crippen molar-refractivity contribution in [2.24, 2.45) is 0 Å². The zero-order chi connectivity index (χ0) is 23.8. The number of phenolic OH excluding ortho intramolecular Hbond substituents is 1. The molecule has 0 aliphatic rings. The molecule has 8 heteroatoms. The van der Waals surface area contributed by atoms with Gasteiger partial charge in [-0.1, -0.05) is 12.1 Å². The van der Waals surface area contributed by atoms with Gasteiger partial charge >= 0.3 is 6.03 Å². The minimum atomic E-state index is -0.368. The highest BCUT2D eigenvalue weighted by molar-refractivity contribution is 5.91. The number of hydrogen-bond acceptors (Lipinski definition) is 6. The molecule has 0 atom stereocenters. The summed E-state index contributed by atoms with van der Waals surface area (Å²) in [7, 11) is 6.21. The van der Waals surface area contributed by atoms with Gasteiger partial charge in [0.1, 0.15) is 28.7 Å². The highest BCUT2D eigenvalue weighted by Gasteiger charge is 2.20. The Hall–Kier alpha value is -4.07. The van der Waals surface area contributed by atoms with Gasteiger partial charge in [0, 0.05) is 23.3 Å². The highest BCUT2D eigenvalue weighted by Crippen LogP contribution is 2.30. The second-order valence-corrected chi connectivity index (χ2v) is 7.16. The first-order valence-corrected chi connectivity index (χ1v) is 10.2. The van der Waals surface area contributed by atoms with Crippen LogP contribution in [0, 0.1) is 0 Å². The first-order valence-electron chi connectivity index (χ1n) is 10.2. The largest absolute Gasteiger partial charge is 0.507 e. The summed E-state index contributed by atoms with van der Waals surface area (Å²) in [5, 5.41) is 13.4. The van der Waals surface area contributed by atoms with Crippen LogP contribution in [0.4, 0.5) is 10.5 Å². The smallest absolute Gasteiger partial charge is 0.322 e. The number of phenols is 1. The van der Waals surface area contributed by atoms with Gasteiger partial charge in [-0.05, 0) is 36.4 Å². The Labute approximate surface area is 193 Å². The topological polar surface area (TPSA) is 89.5 Å². The van der Waals surface area contributed by atoms with Crippen LogP contribution in [0.5, 0.6) is 28.7 Å². The van der Waals surface area contributed by atoms with Crippen molar-refractivity contribution in [3.8, 4) is 28.7 Å². The molecule has 3 aromatic carbocycles. The molecule has 0 bridgehead atoms. The third kappa shape index (κ3) is 5.79. The number of carbonyl (C=O) groups is 1. The maximum absolute atomic E-state index is 13.3. The average Bonchev–Trinajstić information content (AvgIpc) is 2.84. The minimum absolute atomic E-state index is 0.0335. The second-order valence-electron chi connectivity index (χ2n) is 7.16. The monoisotopic (exact) mass is 452 g/mol. The van der Waals surface area contributed by atoms with E-state index in [4.69, 9.17) is 18.9 Å². The molecule has 0 fully saturated rings. The van der Waals surface area contributed by atoms with Gasteiger partial charge in [-0.3, -0.25) is 0 Å². The molecule has 2 amide bonds. The van der Waals surface area contributed by atoms with E-state index in [1.165, 1.54) is 13.2 Å². The van der Waals surface area contributed by atoms with Gasteiger partial charge in [0.15, 0.2) is 0 Å². The van der Waals surface area contributed by atoms with Crippen LogP contribution < -0.4 is 24.3 Å². The second kappa shape index (κ2) is 11.0. The molecule has 0 aliphatic carbocycles. The Morgan fingerprint density at radius 2 is 1.39 bits per heavy atom. The molecule has 0 aromatic heterocycles. The van der Waals surface area contributed by atoms with E-state index in [1.807, 2.05) is 18.2 Å². The van der Waals surface area contributed by atoms with Gasteiger partial charge in [0.2, 0.25) is 0 Å². The maximum atomic E-state index is 13.3. The summed E-state index contributed by atoms with van der Waals surface area (Å²) in [4.78, 5) is 14.9. The van der Waals surface area contributed by atoms with Crippen LogP contribution in [0.3, 0.4) is 0 Å². The summed E-state index contributed by atoms with van der Waals surface area (Å²) in [5.41, 5.74) is 1.88. The number of nitrogens with zero attached hydrogens (tertiary/aromatic N) is 1. The fourth-order valence-electron chi connectivity index (χ4n) is 3.34. The van der Waals surface area contributed by atoms with Gasteiger partial charge in [-0.25, -0.2) is 4.79 Å². The maximum Gasteiger partial charge on any atom is 0.322 e. The number of hydrogen-bond donors (Lipinski definition) is 2. The lowest BCUT2D eigenvalue weighted by Gasteiger charge is -2.25. The normalized spacial score (nSPS) is 10.3. The molecule has 3 aromatic rings. The van der Waals surface area contributed by atoms with E-state index in [1.54, 1.807) is 62.6 Å². The number of ether oxygens (including phenoxy) is 4. The quantitative estimate of drug-likeness (QED) is 0.491. The standard InChI is InChI=1S/C25H28N2O6/c1-30-19-11-9-17(22(28)13-19)15-27(16-18-10-12-20(31-2)14-24(18)33-4)25(29)26-21-7-5-6-8-23(21)32-3/h5-14,28H,15-16H2,1-4H3,(H,26,29). The molecular formula is C25H28N2O6. The van der Waals surface area contributed by atoms with Crippen molar-refractivity contribution >= 4 is 11.7 Å². The number of methoxy groups -OCH3 is 4.